The van der Waals surface area contributed by atoms with Crippen LogP contribution in [-0.2, 0) is 6.18 Å². The maximum absolute atomic E-state index is 13.5. The van der Waals surface area contributed by atoms with Crippen LogP contribution in [0, 0.1) is 5.82 Å². The third kappa shape index (κ3) is 3.07. The summed E-state index contributed by atoms with van der Waals surface area (Å²) < 4.78 is 63.4. The molecule has 0 aliphatic rings. The second-order valence-electron chi connectivity index (χ2n) is 3.40. The molecule has 0 fully saturated rings. The second kappa shape index (κ2) is 5.18. The van der Waals surface area contributed by atoms with E-state index in [2.05, 4.69) is 0 Å². The van der Waals surface area contributed by atoms with Gasteiger partial charge in [0.15, 0.2) is 0 Å². The van der Waals surface area contributed by atoms with Crippen LogP contribution in [0.2, 0.25) is 5.02 Å². The minimum atomic E-state index is -4.76. The molecule has 7 heteroatoms. The Kier molecular flexibility index (Phi) is 4.32. The standard InChI is InChI=1S/C10H9ClF5N/c11-6-2-1-5(10(14,15)16)8(9(6)13)7(17)3-4-12/h1-2,7H,3-4,17H2/t7-/m0/s1. The molecule has 0 aliphatic carbocycles. The molecule has 2 N–H and O–H groups in total. The van der Waals surface area contributed by atoms with Gasteiger partial charge in [0.25, 0.3) is 0 Å². The lowest BCUT2D eigenvalue weighted by atomic mass is 9.98. The zero-order chi connectivity index (χ0) is 13.2. The van der Waals surface area contributed by atoms with Crippen molar-refractivity contribution in [3.63, 3.8) is 0 Å². The first-order valence-electron chi connectivity index (χ1n) is 4.65. The van der Waals surface area contributed by atoms with Crippen LogP contribution in [0.3, 0.4) is 0 Å². The molecule has 0 saturated heterocycles. The van der Waals surface area contributed by atoms with Gasteiger partial charge in [0.05, 0.1) is 17.3 Å². The maximum Gasteiger partial charge on any atom is 0.416 e. The first kappa shape index (κ1) is 14.2. The molecule has 1 aromatic carbocycles. The molecular weight excluding hydrogens is 265 g/mol. The first-order chi connectivity index (χ1) is 7.79. The van der Waals surface area contributed by atoms with E-state index >= 15 is 0 Å². The molecule has 0 heterocycles. The number of benzene rings is 1. The van der Waals surface area contributed by atoms with Crippen LogP contribution in [-0.4, -0.2) is 6.67 Å². The number of nitrogens with two attached hydrogens (primary N) is 1. The Morgan fingerprint density at radius 2 is 1.88 bits per heavy atom. The second-order valence-corrected chi connectivity index (χ2v) is 3.81. The Morgan fingerprint density at radius 3 is 2.35 bits per heavy atom. The normalized spacial score (nSPS) is 13.8. The van der Waals surface area contributed by atoms with Crippen molar-refractivity contribution < 1.29 is 22.0 Å². The molecule has 17 heavy (non-hydrogen) atoms. The summed E-state index contributed by atoms with van der Waals surface area (Å²) in [5, 5.41) is -0.470. The van der Waals surface area contributed by atoms with Crippen molar-refractivity contribution in [2.24, 2.45) is 5.73 Å². The minimum Gasteiger partial charge on any atom is -0.324 e. The van der Waals surface area contributed by atoms with Crippen molar-refractivity contribution in [3.8, 4) is 0 Å². The first-order valence-corrected chi connectivity index (χ1v) is 5.03. The molecule has 0 saturated carbocycles. The largest absolute Gasteiger partial charge is 0.416 e. The highest BCUT2D eigenvalue weighted by Crippen LogP contribution is 2.38. The third-order valence-electron chi connectivity index (χ3n) is 2.23. The smallest absolute Gasteiger partial charge is 0.324 e. The van der Waals surface area contributed by atoms with Gasteiger partial charge in [0.1, 0.15) is 5.82 Å². The number of rotatable bonds is 3. The van der Waals surface area contributed by atoms with E-state index in [0.717, 1.165) is 6.07 Å². The number of hydrogen-bond acceptors (Lipinski definition) is 1. The monoisotopic (exact) mass is 273 g/mol. The Labute approximate surface area is 99.4 Å². The Hall–Kier alpha value is -0.880. The summed E-state index contributed by atoms with van der Waals surface area (Å²) in [4.78, 5) is 0. The van der Waals surface area contributed by atoms with Crippen LogP contribution in [0.15, 0.2) is 12.1 Å². The van der Waals surface area contributed by atoms with Gasteiger partial charge in [-0.1, -0.05) is 11.6 Å². The van der Waals surface area contributed by atoms with E-state index in [0.29, 0.717) is 6.07 Å². The summed E-state index contributed by atoms with van der Waals surface area (Å²) >= 11 is 5.39. The highest BCUT2D eigenvalue weighted by molar-refractivity contribution is 6.30. The highest BCUT2D eigenvalue weighted by Gasteiger charge is 2.36. The average molecular weight is 274 g/mol. The van der Waals surface area contributed by atoms with E-state index in [4.69, 9.17) is 17.3 Å². The van der Waals surface area contributed by atoms with Gasteiger partial charge in [-0.15, -0.1) is 0 Å². The van der Waals surface area contributed by atoms with Gasteiger partial charge in [0, 0.05) is 11.6 Å². The van der Waals surface area contributed by atoms with Crippen LogP contribution >= 0.6 is 11.6 Å². The molecule has 1 atom stereocenters. The topological polar surface area (TPSA) is 26.0 Å². The van der Waals surface area contributed by atoms with Crippen molar-refractivity contribution in [2.45, 2.75) is 18.6 Å². The van der Waals surface area contributed by atoms with E-state index in [1.54, 1.807) is 0 Å². The molecule has 0 aromatic heterocycles. The molecule has 0 spiro atoms. The molecule has 0 amide bonds. The minimum absolute atomic E-state index is 0.402. The highest BCUT2D eigenvalue weighted by atomic mass is 35.5. The Morgan fingerprint density at radius 1 is 1.29 bits per heavy atom. The average Bonchev–Trinajstić information content (AvgIpc) is 2.20. The molecule has 0 bridgehead atoms. The van der Waals surface area contributed by atoms with Gasteiger partial charge in [-0.05, 0) is 18.6 Å². The van der Waals surface area contributed by atoms with E-state index in [1.807, 2.05) is 0 Å². The Balaban J connectivity index is 3.36. The van der Waals surface area contributed by atoms with Gasteiger partial charge >= 0.3 is 6.18 Å². The zero-order valence-corrected chi connectivity index (χ0v) is 9.25. The lowest BCUT2D eigenvalue weighted by Crippen LogP contribution is -2.20. The van der Waals surface area contributed by atoms with Gasteiger partial charge in [-0.25, -0.2) is 4.39 Å². The van der Waals surface area contributed by atoms with Crippen molar-refractivity contribution in [1.29, 1.82) is 0 Å². The number of hydrogen-bond donors (Lipinski definition) is 1. The SMILES string of the molecule is N[C@@H](CCF)c1c(C(F)(F)F)ccc(Cl)c1F. The van der Waals surface area contributed by atoms with E-state index < -0.39 is 47.3 Å². The fourth-order valence-electron chi connectivity index (χ4n) is 1.44. The Bertz CT molecular complexity index is 404. The van der Waals surface area contributed by atoms with Crippen LogP contribution in [0.25, 0.3) is 0 Å². The third-order valence-corrected chi connectivity index (χ3v) is 2.52. The fourth-order valence-corrected chi connectivity index (χ4v) is 1.60. The van der Waals surface area contributed by atoms with Gasteiger partial charge in [-0.3, -0.25) is 4.39 Å². The summed E-state index contributed by atoms with van der Waals surface area (Å²) in [6, 6.07) is 0.0554. The number of alkyl halides is 4. The molecular formula is C10H9ClF5N. The zero-order valence-electron chi connectivity index (χ0n) is 8.49. The maximum atomic E-state index is 13.5. The van der Waals surface area contributed by atoms with Crippen molar-refractivity contribution in [3.05, 3.63) is 34.1 Å². The van der Waals surface area contributed by atoms with Crippen LogP contribution in [0.4, 0.5) is 22.0 Å². The fraction of sp³-hybridized carbons (Fsp3) is 0.400. The molecule has 0 radical (unpaired) electrons. The van der Waals surface area contributed by atoms with Gasteiger partial charge in [-0.2, -0.15) is 13.2 Å². The summed E-state index contributed by atoms with van der Waals surface area (Å²) in [5.74, 6) is -1.25. The predicted molar refractivity (Wildman–Crippen MR) is 53.9 cm³/mol. The van der Waals surface area contributed by atoms with Crippen molar-refractivity contribution >= 4 is 11.6 Å². The lowest BCUT2D eigenvalue weighted by molar-refractivity contribution is -0.138. The predicted octanol–water partition coefficient (Wildman–Crippen LogP) is 3.86. The molecule has 1 rings (SSSR count). The van der Waals surface area contributed by atoms with Crippen molar-refractivity contribution in [1.82, 2.24) is 0 Å². The van der Waals surface area contributed by atoms with Crippen LogP contribution < -0.4 is 5.73 Å². The summed E-state index contributed by atoms with van der Waals surface area (Å²) in [5.41, 5.74) is 3.32. The van der Waals surface area contributed by atoms with Gasteiger partial charge < -0.3 is 5.73 Å². The van der Waals surface area contributed by atoms with Crippen molar-refractivity contribution in [2.75, 3.05) is 6.67 Å². The summed E-state index contributed by atoms with van der Waals surface area (Å²) in [6.07, 6.45) is -5.16. The van der Waals surface area contributed by atoms with Crippen LogP contribution in [0.5, 0.6) is 0 Å². The van der Waals surface area contributed by atoms with E-state index in [1.165, 1.54) is 0 Å². The van der Waals surface area contributed by atoms with Crippen LogP contribution in [0.1, 0.15) is 23.6 Å². The molecule has 1 nitrogen and oxygen atoms in total. The quantitative estimate of drug-likeness (QED) is 0.832. The molecule has 1 aromatic rings. The molecule has 0 unspecified atom stereocenters. The summed E-state index contributed by atoms with van der Waals surface area (Å²) in [7, 11) is 0. The molecule has 0 aliphatic heterocycles. The van der Waals surface area contributed by atoms with E-state index in [9.17, 15) is 22.0 Å². The number of halogens is 6. The molecule has 96 valence electrons. The lowest BCUT2D eigenvalue weighted by Gasteiger charge is -2.18. The summed E-state index contributed by atoms with van der Waals surface area (Å²) in [6.45, 7) is -0.940. The van der Waals surface area contributed by atoms with E-state index in [-0.39, 0.29) is 0 Å². The van der Waals surface area contributed by atoms with Gasteiger partial charge in [0.2, 0.25) is 0 Å².